The van der Waals surface area contributed by atoms with Gasteiger partial charge in [0.15, 0.2) is 5.75 Å². The SMILES string of the molecule is Cc1nc(Cl)ncc1OC1CCCC(C(=O)O)C1. The normalized spacial score (nSPS) is 23.7. The van der Waals surface area contributed by atoms with E-state index in [1.54, 1.807) is 6.92 Å². The highest BCUT2D eigenvalue weighted by atomic mass is 35.5. The molecular formula is C12H15ClN2O3. The van der Waals surface area contributed by atoms with E-state index in [0.29, 0.717) is 17.9 Å². The lowest BCUT2D eigenvalue weighted by atomic mass is 9.87. The number of carboxylic acids is 1. The highest BCUT2D eigenvalue weighted by Crippen LogP contribution is 2.28. The lowest BCUT2D eigenvalue weighted by molar-refractivity contribution is -0.143. The van der Waals surface area contributed by atoms with Gasteiger partial charge in [0.2, 0.25) is 5.28 Å². The monoisotopic (exact) mass is 270 g/mol. The van der Waals surface area contributed by atoms with Crippen LogP contribution < -0.4 is 4.74 Å². The van der Waals surface area contributed by atoms with Gasteiger partial charge in [0, 0.05) is 0 Å². The van der Waals surface area contributed by atoms with E-state index in [9.17, 15) is 4.79 Å². The van der Waals surface area contributed by atoms with Crippen LogP contribution in [0.2, 0.25) is 5.28 Å². The van der Waals surface area contributed by atoms with Gasteiger partial charge in [-0.15, -0.1) is 0 Å². The third-order valence-electron chi connectivity index (χ3n) is 3.17. The predicted molar refractivity (Wildman–Crippen MR) is 65.8 cm³/mol. The van der Waals surface area contributed by atoms with Crippen molar-refractivity contribution in [3.05, 3.63) is 17.2 Å². The molecule has 1 aliphatic carbocycles. The first kappa shape index (κ1) is 13.1. The van der Waals surface area contributed by atoms with E-state index in [1.165, 1.54) is 6.20 Å². The molecule has 0 bridgehead atoms. The van der Waals surface area contributed by atoms with Crippen molar-refractivity contribution < 1.29 is 14.6 Å². The summed E-state index contributed by atoms with van der Waals surface area (Å²) in [5.41, 5.74) is 0.674. The molecule has 1 saturated carbocycles. The smallest absolute Gasteiger partial charge is 0.306 e. The van der Waals surface area contributed by atoms with Crippen molar-refractivity contribution in [3.8, 4) is 5.75 Å². The first-order valence-corrected chi connectivity index (χ1v) is 6.32. The van der Waals surface area contributed by atoms with Crippen molar-refractivity contribution in [2.45, 2.75) is 38.7 Å². The van der Waals surface area contributed by atoms with E-state index in [2.05, 4.69) is 9.97 Å². The standard InChI is InChI=1S/C12H15ClN2O3/c1-7-10(6-14-12(13)15-7)18-9-4-2-3-8(5-9)11(16)17/h6,8-9H,2-5H2,1H3,(H,16,17). The molecule has 2 unspecified atom stereocenters. The van der Waals surface area contributed by atoms with E-state index in [1.807, 2.05) is 0 Å². The number of carboxylic acid groups (broad SMARTS) is 1. The molecule has 1 heterocycles. The van der Waals surface area contributed by atoms with Crippen molar-refractivity contribution in [2.75, 3.05) is 0 Å². The number of hydrogen-bond acceptors (Lipinski definition) is 4. The molecule has 6 heteroatoms. The van der Waals surface area contributed by atoms with Gasteiger partial charge in [0.05, 0.1) is 23.9 Å². The molecule has 5 nitrogen and oxygen atoms in total. The molecule has 2 rings (SSSR count). The summed E-state index contributed by atoms with van der Waals surface area (Å²) >= 11 is 5.67. The Hall–Kier alpha value is -1.36. The van der Waals surface area contributed by atoms with Crippen molar-refractivity contribution in [2.24, 2.45) is 5.92 Å². The van der Waals surface area contributed by atoms with Crippen LogP contribution in [0.4, 0.5) is 0 Å². The van der Waals surface area contributed by atoms with Gasteiger partial charge in [-0.25, -0.2) is 9.97 Å². The van der Waals surface area contributed by atoms with Gasteiger partial charge < -0.3 is 9.84 Å². The molecule has 0 radical (unpaired) electrons. The van der Waals surface area contributed by atoms with Crippen molar-refractivity contribution in [1.82, 2.24) is 9.97 Å². The van der Waals surface area contributed by atoms with Crippen molar-refractivity contribution >= 4 is 17.6 Å². The maximum atomic E-state index is 11.0. The van der Waals surface area contributed by atoms with Crippen LogP contribution in [0.25, 0.3) is 0 Å². The van der Waals surface area contributed by atoms with E-state index >= 15 is 0 Å². The maximum absolute atomic E-state index is 11.0. The Morgan fingerprint density at radius 2 is 2.33 bits per heavy atom. The predicted octanol–water partition coefficient (Wildman–Crippen LogP) is 2.46. The quantitative estimate of drug-likeness (QED) is 0.854. The molecule has 98 valence electrons. The Labute approximate surface area is 110 Å². The number of aryl methyl sites for hydroxylation is 1. The molecule has 0 aliphatic heterocycles. The average molecular weight is 271 g/mol. The molecule has 1 aliphatic rings. The highest BCUT2D eigenvalue weighted by molar-refractivity contribution is 6.28. The van der Waals surface area contributed by atoms with Crippen LogP contribution in [0.15, 0.2) is 6.20 Å². The average Bonchev–Trinajstić information content (AvgIpc) is 2.33. The third kappa shape index (κ3) is 3.10. The zero-order valence-corrected chi connectivity index (χ0v) is 10.9. The van der Waals surface area contributed by atoms with Crippen LogP contribution in [-0.4, -0.2) is 27.1 Å². The Kier molecular flexibility index (Phi) is 4.01. The van der Waals surface area contributed by atoms with Crippen LogP contribution in [0, 0.1) is 12.8 Å². The first-order valence-electron chi connectivity index (χ1n) is 5.95. The summed E-state index contributed by atoms with van der Waals surface area (Å²) in [7, 11) is 0. The largest absolute Gasteiger partial charge is 0.487 e. The number of aromatic nitrogens is 2. The summed E-state index contributed by atoms with van der Waals surface area (Å²) in [5, 5.41) is 9.20. The second-order valence-electron chi connectivity index (χ2n) is 4.53. The fourth-order valence-electron chi connectivity index (χ4n) is 2.20. The molecule has 1 aromatic rings. The number of aliphatic carboxylic acids is 1. The van der Waals surface area contributed by atoms with E-state index in [-0.39, 0.29) is 17.3 Å². The summed E-state index contributed by atoms with van der Waals surface area (Å²) in [6.45, 7) is 1.79. The number of rotatable bonds is 3. The van der Waals surface area contributed by atoms with Gasteiger partial charge in [-0.05, 0) is 44.2 Å². The summed E-state index contributed by atoms with van der Waals surface area (Å²) in [5.74, 6) is -0.472. The minimum Gasteiger partial charge on any atom is -0.487 e. The second-order valence-corrected chi connectivity index (χ2v) is 4.87. The number of ether oxygens (including phenoxy) is 1. The van der Waals surface area contributed by atoms with Crippen LogP contribution in [0.5, 0.6) is 5.75 Å². The summed E-state index contributed by atoms with van der Waals surface area (Å²) in [6.07, 6.45) is 4.46. The van der Waals surface area contributed by atoms with Crippen LogP contribution >= 0.6 is 11.6 Å². The molecule has 0 aromatic carbocycles. The Bertz CT molecular complexity index is 453. The summed E-state index contributed by atoms with van der Waals surface area (Å²) in [4.78, 5) is 18.8. The molecule has 1 N–H and O–H groups in total. The molecule has 0 saturated heterocycles. The van der Waals surface area contributed by atoms with Gasteiger partial charge in [0.25, 0.3) is 0 Å². The molecule has 0 amide bonds. The van der Waals surface area contributed by atoms with Crippen molar-refractivity contribution in [1.29, 1.82) is 0 Å². The topological polar surface area (TPSA) is 72.3 Å². The van der Waals surface area contributed by atoms with Crippen molar-refractivity contribution in [3.63, 3.8) is 0 Å². The minimum absolute atomic E-state index is 0.0803. The van der Waals surface area contributed by atoms with Gasteiger partial charge >= 0.3 is 5.97 Å². The molecule has 2 atom stereocenters. The van der Waals surface area contributed by atoms with Gasteiger partial charge in [-0.1, -0.05) is 0 Å². The fraction of sp³-hybridized carbons (Fsp3) is 0.583. The zero-order chi connectivity index (χ0) is 13.1. The molecule has 1 fully saturated rings. The van der Waals surface area contributed by atoms with E-state index < -0.39 is 5.97 Å². The van der Waals surface area contributed by atoms with E-state index in [4.69, 9.17) is 21.4 Å². The highest BCUT2D eigenvalue weighted by Gasteiger charge is 2.28. The van der Waals surface area contributed by atoms with E-state index in [0.717, 1.165) is 19.3 Å². The first-order chi connectivity index (χ1) is 8.56. The molecule has 18 heavy (non-hydrogen) atoms. The van der Waals surface area contributed by atoms with Crippen LogP contribution in [0.3, 0.4) is 0 Å². The van der Waals surface area contributed by atoms with Crippen LogP contribution in [-0.2, 0) is 4.79 Å². The lowest BCUT2D eigenvalue weighted by Gasteiger charge is -2.27. The fourth-order valence-corrected chi connectivity index (χ4v) is 2.37. The second kappa shape index (κ2) is 5.52. The number of nitrogens with zero attached hydrogens (tertiary/aromatic N) is 2. The van der Waals surface area contributed by atoms with Crippen LogP contribution in [0.1, 0.15) is 31.4 Å². The molecule has 1 aromatic heterocycles. The Balaban J connectivity index is 2.02. The summed E-state index contributed by atoms with van der Waals surface area (Å²) in [6, 6.07) is 0. The molecule has 0 spiro atoms. The van der Waals surface area contributed by atoms with Gasteiger partial charge in [-0.3, -0.25) is 4.79 Å². The zero-order valence-electron chi connectivity index (χ0n) is 10.1. The number of hydrogen-bond donors (Lipinski definition) is 1. The third-order valence-corrected chi connectivity index (χ3v) is 3.36. The summed E-state index contributed by atoms with van der Waals surface area (Å²) < 4.78 is 5.77. The number of carbonyl (C=O) groups is 1. The molecular weight excluding hydrogens is 256 g/mol. The van der Waals surface area contributed by atoms with Gasteiger partial charge in [0.1, 0.15) is 0 Å². The number of halogens is 1. The maximum Gasteiger partial charge on any atom is 0.306 e. The Morgan fingerprint density at radius 3 is 3.00 bits per heavy atom. The minimum atomic E-state index is -0.743. The van der Waals surface area contributed by atoms with Gasteiger partial charge in [-0.2, -0.15) is 0 Å². The lowest BCUT2D eigenvalue weighted by Crippen LogP contribution is -2.29. The Morgan fingerprint density at radius 1 is 1.56 bits per heavy atom.